The molecule has 5 nitrogen and oxygen atoms in total. The van der Waals surface area contributed by atoms with Gasteiger partial charge in [-0.2, -0.15) is 0 Å². The van der Waals surface area contributed by atoms with E-state index in [1.807, 2.05) is 4.90 Å². The predicted octanol–water partition coefficient (Wildman–Crippen LogP) is -0.304. The van der Waals surface area contributed by atoms with Gasteiger partial charge in [-0.3, -0.25) is 9.59 Å². The van der Waals surface area contributed by atoms with Gasteiger partial charge in [0.05, 0.1) is 0 Å². The molecule has 0 spiro atoms. The smallest absolute Gasteiger partial charge is 0.248 e. The summed E-state index contributed by atoms with van der Waals surface area (Å²) in [5, 5.41) is 8.76. The molecule has 0 aromatic heterocycles. The Kier molecular flexibility index (Phi) is 3.12. The fraction of sp³-hybridized carbons (Fsp3) is 0.833. The van der Waals surface area contributed by atoms with Gasteiger partial charge in [0, 0.05) is 32.1 Å². The van der Waals surface area contributed by atoms with E-state index in [4.69, 9.17) is 5.11 Å². The highest BCUT2D eigenvalue weighted by molar-refractivity contribution is 5.83. The Labute approximate surface area is 101 Å². The molecule has 17 heavy (non-hydrogen) atoms. The zero-order chi connectivity index (χ0) is 12.6. The van der Waals surface area contributed by atoms with Crippen LogP contribution in [0.2, 0.25) is 0 Å². The standard InChI is InChI=1S/C12H20N2O3/c1-12(2)7-9(12)11(17)14-5-3-13(4-6-14)10(16)8-15/h9,15H,3-8H2,1-2H3/t9-/m1/s1. The summed E-state index contributed by atoms with van der Waals surface area (Å²) in [4.78, 5) is 26.8. The van der Waals surface area contributed by atoms with Gasteiger partial charge in [-0.15, -0.1) is 0 Å². The third-order valence-electron chi connectivity index (χ3n) is 3.89. The van der Waals surface area contributed by atoms with Gasteiger partial charge >= 0.3 is 0 Å². The van der Waals surface area contributed by atoms with Gasteiger partial charge in [0.25, 0.3) is 0 Å². The van der Waals surface area contributed by atoms with Gasteiger partial charge in [-0.05, 0) is 11.8 Å². The van der Waals surface area contributed by atoms with Crippen molar-refractivity contribution in [2.45, 2.75) is 20.3 Å². The van der Waals surface area contributed by atoms with Crippen molar-refractivity contribution in [1.82, 2.24) is 9.80 Å². The van der Waals surface area contributed by atoms with Crippen LogP contribution in [0.15, 0.2) is 0 Å². The zero-order valence-corrected chi connectivity index (χ0v) is 10.5. The summed E-state index contributed by atoms with van der Waals surface area (Å²) in [6.45, 7) is 6.05. The lowest BCUT2D eigenvalue weighted by molar-refractivity contribution is -0.142. The molecule has 2 amide bonds. The van der Waals surface area contributed by atoms with Crippen molar-refractivity contribution in [2.24, 2.45) is 11.3 Å². The molecule has 1 atom stereocenters. The van der Waals surface area contributed by atoms with Gasteiger partial charge < -0.3 is 14.9 Å². The number of rotatable bonds is 2. The van der Waals surface area contributed by atoms with Crippen LogP contribution < -0.4 is 0 Å². The molecule has 5 heteroatoms. The molecule has 0 aromatic rings. The van der Waals surface area contributed by atoms with Crippen LogP contribution in [0.5, 0.6) is 0 Å². The van der Waals surface area contributed by atoms with Crippen LogP contribution in [0.4, 0.5) is 0 Å². The number of hydrogen-bond acceptors (Lipinski definition) is 3. The van der Waals surface area contributed by atoms with Crippen molar-refractivity contribution in [1.29, 1.82) is 0 Å². The Morgan fingerprint density at radius 1 is 1.18 bits per heavy atom. The quantitative estimate of drug-likeness (QED) is 0.720. The summed E-state index contributed by atoms with van der Waals surface area (Å²) in [6, 6.07) is 0. The van der Waals surface area contributed by atoms with E-state index in [1.54, 1.807) is 4.90 Å². The Bertz CT molecular complexity index is 333. The molecule has 1 aliphatic heterocycles. The van der Waals surface area contributed by atoms with E-state index in [9.17, 15) is 9.59 Å². The van der Waals surface area contributed by atoms with Crippen molar-refractivity contribution >= 4 is 11.8 Å². The highest BCUT2D eigenvalue weighted by Crippen LogP contribution is 2.52. The van der Waals surface area contributed by atoms with Crippen LogP contribution in [0.3, 0.4) is 0 Å². The third-order valence-corrected chi connectivity index (χ3v) is 3.89. The van der Waals surface area contributed by atoms with Crippen LogP contribution in [0.25, 0.3) is 0 Å². The molecule has 96 valence electrons. The zero-order valence-electron chi connectivity index (χ0n) is 10.5. The number of nitrogens with zero attached hydrogens (tertiary/aromatic N) is 2. The van der Waals surface area contributed by atoms with Crippen molar-refractivity contribution < 1.29 is 14.7 Å². The number of amides is 2. The van der Waals surface area contributed by atoms with Crippen molar-refractivity contribution in [3.63, 3.8) is 0 Å². The van der Waals surface area contributed by atoms with E-state index >= 15 is 0 Å². The second kappa shape index (κ2) is 4.29. The lowest BCUT2D eigenvalue weighted by atomic mass is 10.1. The molecule has 0 radical (unpaired) electrons. The monoisotopic (exact) mass is 240 g/mol. The highest BCUT2D eigenvalue weighted by Gasteiger charge is 2.52. The number of piperazine rings is 1. The fourth-order valence-corrected chi connectivity index (χ4v) is 2.39. The van der Waals surface area contributed by atoms with E-state index in [0.717, 1.165) is 6.42 Å². The first-order valence-corrected chi connectivity index (χ1v) is 6.13. The summed E-state index contributed by atoms with van der Waals surface area (Å²) in [6.07, 6.45) is 0.974. The number of carbonyl (C=O) groups is 2. The molecule has 2 aliphatic rings. The Balaban J connectivity index is 1.83. The predicted molar refractivity (Wildman–Crippen MR) is 62.1 cm³/mol. The van der Waals surface area contributed by atoms with Gasteiger partial charge in [0.2, 0.25) is 11.8 Å². The Morgan fingerprint density at radius 2 is 1.65 bits per heavy atom. The van der Waals surface area contributed by atoms with E-state index in [0.29, 0.717) is 26.2 Å². The molecule has 1 saturated carbocycles. The lowest BCUT2D eigenvalue weighted by Gasteiger charge is -2.34. The van der Waals surface area contributed by atoms with Gasteiger partial charge in [0.1, 0.15) is 6.61 Å². The second-order valence-corrected chi connectivity index (χ2v) is 5.61. The SMILES string of the molecule is CC1(C)C[C@@H]1C(=O)N1CCN(C(=O)CO)CC1. The minimum atomic E-state index is -0.441. The van der Waals surface area contributed by atoms with Gasteiger partial charge in [-0.25, -0.2) is 0 Å². The molecule has 2 fully saturated rings. The first-order valence-electron chi connectivity index (χ1n) is 6.13. The average Bonchev–Trinajstić information content (AvgIpc) is 2.97. The van der Waals surface area contributed by atoms with Gasteiger partial charge in [-0.1, -0.05) is 13.8 Å². The van der Waals surface area contributed by atoms with Crippen LogP contribution in [-0.2, 0) is 9.59 Å². The molecule has 0 unspecified atom stereocenters. The fourth-order valence-electron chi connectivity index (χ4n) is 2.39. The van der Waals surface area contributed by atoms with Crippen LogP contribution in [-0.4, -0.2) is 59.5 Å². The van der Waals surface area contributed by atoms with E-state index in [2.05, 4.69) is 13.8 Å². The normalized spacial score (nSPS) is 26.9. The molecular formula is C12H20N2O3. The maximum Gasteiger partial charge on any atom is 0.248 e. The molecule has 2 rings (SSSR count). The Morgan fingerprint density at radius 3 is 2.06 bits per heavy atom. The van der Waals surface area contributed by atoms with Crippen LogP contribution in [0, 0.1) is 11.3 Å². The molecule has 1 aliphatic carbocycles. The number of carbonyl (C=O) groups excluding carboxylic acids is 2. The summed E-state index contributed by atoms with van der Waals surface area (Å²) in [5.74, 6) is 0.151. The minimum absolute atomic E-state index is 0.162. The number of aliphatic hydroxyl groups is 1. The minimum Gasteiger partial charge on any atom is -0.387 e. The highest BCUT2D eigenvalue weighted by atomic mass is 16.3. The Hall–Kier alpha value is -1.10. The maximum atomic E-state index is 12.1. The molecule has 1 N–H and O–H groups in total. The van der Waals surface area contributed by atoms with Crippen molar-refractivity contribution in [3.8, 4) is 0 Å². The third kappa shape index (κ3) is 2.44. The van der Waals surface area contributed by atoms with Crippen LogP contribution in [0.1, 0.15) is 20.3 Å². The number of hydrogen-bond donors (Lipinski definition) is 1. The average molecular weight is 240 g/mol. The van der Waals surface area contributed by atoms with Crippen LogP contribution >= 0.6 is 0 Å². The first-order chi connectivity index (χ1) is 7.95. The lowest BCUT2D eigenvalue weighted by Crippen LogP contribution is -2.51. The van der Waals surface area contributed by atoms with E-state index in [1.165, 1.54) is 0 Å². The summed E-state index contributed by atoms with van der Waals surface area (Å²) >= 11 is 0. The summed E-state index contributed by atoms with van der Waals surface area (Å²) < 4.78 is 0. The molecule has 0 bridgehead atoms. The molecular weight excluding hydrogens is 220 g/mol. The van der Waals surface area contributed by atoms with Crippen molar-refractivity contribution in [3.05, 3.63) is 0 Å². The van der Waals surface area contributed by atoms with E-state index < -0.39 is 6.61 Å². The summed E-state index contributed by atoms with van der Waals surface area (Å²) in [5.41, 5.74) is 0.162. The summed E-state index contributed by atoms with van der Waals surface area (Å²) in [7, 11) is 0. The first kappa shape index (κ1) is 12.4. The van der Waals surface area contributed by atoms with E-state index in [-0.39, 0.29) is 23.1 Å². The molecule has 1 saturated heterocycles. The largest absolute Gasteiger partial charge is 0.387 e. The number of aliphatic hydroxyl groups excluding tert-OH is 1. The maximum absolute atomic E-state index is 12.1. The molecule has 1 heterocycles. The van der Waals surface area contributed by atoms with Gasteiger partial charge in [0.15, 0.2) is 0 Å². The second-order valence-electron chi connectivity index (χ2n) is 5.61. The topological polar surface area (TPSA) is 60.9 Å². The van der Waals surface area contributed by atoms with Crippen molar-refractivity contribution in [2.75, 3.05) is 32.8 Å². The molecule has 0 aromatic carbocycles.